The van der Waals surface area contributed by atoms with E-state index in [0.29, 0.717) is 6.26 Å². The predicted molar refractivity (Wildman–Crippen MR) is 38.0 cm³/mol. The number of Topliss-reactive ketones (excluding diaryl/α,β-unsaturated/α-hetero) is 1. The second-order valence-electron chi connectivity index (χ2n) is 2.02. The zero-order valence-electron chi connectivity index (χ0n) is 6.46. The van der Waals surface area contributed by atoms with Crippen LogP contribution in [0.1, 0.15) is 13.3 Å². The van der Waals surface area contributed by atoms with Gasteiger partial charge in [-0.3, -0.25) is 4.79 Å². The van der Waals surface area contributed by atoms with E-state index in [1.165, 1.54) is 14.0 Å². The lowest BCUT2D eigenvalue weighted by Crippen LogP contribution is -2.08. The average molecular weight is 158 g/mol. The fourth-order valence-electron chi connectivity index (χ4n) is 0.570. The van der Waals surface area contributed by atoms with Gasteiger partial charge in [-0.05, 0) is 6.92 Å². The van der Waals surface area contributed by atoms with E-state index in [-0.39, 0.29) is 17.8 Å². The molecule has 0 aromatic rings. The fourth-order valence-corrected chi connectivity index (χ4v) is 0.570. The normalized spacial score (nSPS) is 10.9. The lowest BCUT2D eigenvalue weighted by Gasteiger charge is -1.99. The third-order valence-electron chi connectivity index (χ3n) is 1.04. The summed E-state index contributed by atoms with van der Waals surface area (Å²) >= 11 is 0. The van der Waals surface area contributed by atoms with Crippen LogP contribution in [0.25, 0.3) is 0 Å². The van der Waals surface area contributed by atoms with Crippen LogP contribution in [0.2, 0.25) is 0 Å². The summed E-state index contributed by atoms with van der Waals surface area (Å²) in [6, 6.07) is 0. The van der Waals surface area contributed by atoms with Crippen LogP contribution >= 0.6 is 0 Å². The summed E-state index contributed by atoms with van der Waals surface area (Å²) in [6.07, 6.45) is 0.496. The molecule has 4 heteroatoms. The molecule has 0 aliphatic rings. The van der Waals surface area contributed by atoms with Crippen molar-refractivity contribution in [3.8, 4) is 0 Å². The Hall–Kier alpha value is -1.32. The molecule has 0 saturated carbocycles. The highest BCUT2D eigenvalue weighted by atomic mass is 16.5. The Morgan fingerprint density at radius 1 is 1.55 bits per heavy atom. The van der Waals surface area contributed by atoms with E-state index in [4.69, 9.17) is 5.11 Å². The first-order chi connectivity index (χ1) is 5.11. The maximum absolute atomic E-state index is 10.7. The Bertz CT molecular complexity index is 193. The zero-order chi connectivity index (χ0) is 8.85. The van der Waals surface area contributed by atoms with Crippen LogP contribution in [0.5, 0.6) is 0 Å². The smallest absolute Gasteiger partial charge is 0.337 e. The molecule has 0 unspecified atom stereocenters. The number of hydrogen-bond acceptors (Lipinski definition) is 4. The monoisotopic (exact) mass is 158 g/mol. The number of rotatable bonds is 3. The van der Waals surface area contributed by atoms with Gasteiger partial charge >= 0.3 is 5.97 Å². The summed E-state index contributed by atoms with van der Waals surface area (Å²) in [6.45, 7) is 1.33. The molecule has 11 heavy (non-hydrogen) atoms. The summed E-state index contributed by atoms with van der Waals surface area (Å²) in [7, 11) is 1.19. The van der Waals surface area contributed by atoms with Crippen LogP contribution in [0.3, 0.4) is 0 Å². The Kier molecular flexibility index (Phi) is 3.95. The van der Waals surface area contributed by atoms with Crippen LogP contribution in [0.4, 0.5) is 0 Å². The molecule has 1 N–H and O–H groups in total. The largest absolute Gasteiger partial charge is 0.515 e. The number of carbonyl (C=O) groups excluding carboxylic acids is 2. The quantitative estimate of drug-likeness (QED) is 0.370. The van der Waals surface area contributed by atoms with Gasteiger partial charge in [0, 0.05) is 6.42 Å². The summed E-state index contributed by atoms with van der Waals surface area (Å²) in [5.74, 6) is -0.876. The number of hydrogen-bond donors (Lipinski definition) is 1. The van der Waals surface area contributed by atoms with E-state index >= 15 is 0 Å². The number of ether oxygens (including phenoxy) is 1. The first-order valence-corrected chi connectivity index (χ1v) is 3.02. The molecule has 0 amide bonds. The molecule has 0 heterocycles. The van der Waals surface area contributed by atoms with Crippen molar-refractivity contribution < 1.29 is 19.4 Å². The minimum Gasteiger partial charge on any atom is -0.515 e. The molecule has 0 spiro atoms. The molecule has 0 saturated heterocycles. The van der Waals surface area contributed by atoms with E-state index in [1.807, 2.05) is 0 Å². The van der Waals surface area contributed by atoms with Gasteiger partial charge in [-0.2, -0.15) is 0 Å². The fraction of sp³-hybridized carbons (Fsp3) is 0.429. The van der Waals surface area contributed by atoms with E-state index in [9.17, 15) is 9.59 Å². The average Bonchev–Trinajstić information content (AvgIpc) is 1.98. The number of esters is 1. The third kappa shape index (κ3) is 3.40. The van der Waals surface area contributed by atoms with Crippen molar-refractivity contribution in [1.29, 1.82) is 0 Å². The first-order valence-electron chi connectivity index (χ1n) is 3.02. The summed E-state index contributed by atoms with van der Waals surface area (Å²) in [5.41, 5.74) is -0.0278. The number of ketones is 1. The molecular weight excluding hydrogens is 148 g/mol. The number of carbonyl (C=O) groups is 2. The van der Waals surface area contributed by atoms with Gasteiger partial charge in [0.2, 0.25) is 0 Å². The highest BCUT2D eigenvalue weighted by Crippen LogP contribution is 2.02. The van der Waals surface area contributed by atoms with Crippen molar-refractivity contribution >= 4 is 11.8 Å². The van der Waals surface area contributed by atoms with E-state index in [0.717, 1.165) is 0 Å². The lowest BCUT2D eigenvalue weighted by atomic mass is 10.1. The minimum atomic E-state index is -0.678. The van der Waals surface area contributed by atoms with Crippen molar-refractivity contribution in [3.63, 3.8) is 0 Å². The molecule has 0 aliphatic heterocycles. The first kappa shape index (κ1) is 9.68. The van der Waals surface area contributed by atoms with Crippen molar-refractivity contribution in [2.45, 2.75) is 13.3 Å². The summed E-state index contributed by atoms with van der Waals surface area (Å²) in [4.78, 5) is 21.1. The molecule has 4 nitrogen and oxygen atoms in total. The Labute approximate surface area is 64.5 Å². The number of aliphatic hydroxyl groups is 1. The van der Waals surface area contributed by atoms with Gasteiger partial charge in [0.25, 0.3) is 0 Å². The maximum atomic E-state index is 10.7. The molecule has 0 bridgehead atoms. The van der Waals surface area contributed by atoms with Gasteiger partial charge in [0.1, 0.15) is 5.78 Å². The molecule has 0 aromatic carbocycles. The molecule has 0 atom stereocenters. The molecule has 0 fully saturated rings. The summed E-state index contributed by atoms with van der Waals surface area (Å²) in [5, 5.41) is 8.46. The lowest BCUT2D eigenvalue weighted by molar-refractivity contribution is -0.137. The van der Waals surface area contributed by atoms with Crippen LogP contribution in [-0.2, 0) is 14.3 Å². The van der Waals surface area contributed by atoms with Gasteiger partial charge in [0.05, 0.1) is 18.9 Å². The van der Waals surface area contributed by atoms with Crippen molar-refractivity contribution in [3.05, 3.63) is 11.8 Å². The van der Waals surface area contributed by atoms with Gasteiger partial charge in [-0.1, -0.05) is 0 Å². The van der Waals surface area contributed by atoms with Gasteiger partial charge in [-0.15, -0.1) is 0 Å². The van der Waals surface area contributed by atoms with Gasteiger partial charge < -0.3 is 9.84 Å². The Morgan fingerprint density at radius 2 is 2.09 bits per heavy atom. The highest BCUT2D eigenvalue weighted by Gasteiger charge is 2.11. The van der Waals surface area contributed by atoms with Crippen molar-refractivity contribution in [2.75, 3.05) is 7.11 Å². The standard InChI is InChI=1S/C7H10O4/c1-5(9)3-6(4-8)7(10)11-2/h4,8H,3H2,1-2H3. The Balaban J connectivity index is 4.20. The van der Waals surface area contributed by atoms with Gasteiger partial charge in [-0.25, -0.2) is 4.79 Å². The van der Waals surface area contributed by atoms with Crippen LogP contribution < -0.4 is 0 Å². The van der Waals surface area contributed by atoms with E-state index in [2.05, 4.69) is 4.74 Å². The second-order valence-corrected chi connectivity index (χ2v) is 2.02. The molecule has 0 aromatic heterocycles. The zero-order valence-corrected chi connectivity index (χ0v) is 6.46. The molecular formula is C7H10O4. The van der Waals surface area contributed by atoms with Crippen LogP contribution in [-0.4, -0.2) is 24.0 Å². The molecule has 0 radical (unpaired) electrons. The third-order valence-corrected chi connectivity index (χ3v) is 1.04. The van der Waals surface area contributed by atoms with E-state index < -0.39 is 5.97 Å². The molecule has 62 valence electrons. The highest BCUT2D eigenvalue weighted by molar-refractivity contribution is 5.94. The molecule has 0 rings (SSSR count). The van der Waals surface area contributed by atoms with Crippen LogP contribution in [0.15, 0.2) is 11.8 Å². The van der Waals surface area contributed by atoms with E-state index in [1.54, 1.807) is 0 Å². The SMILES string of the molecule is COC(=O)C(=CO)CC(C)=O. The molecule has 0 aliphatic carbocycles. The maximum Gasteiger partial charge on any atom is 0.337 e. The minimum absolute atomic E-state index is 0.0278. The Morgan fingerprint density at radius 3 is 2.36 bits per heavy atom. The van der Waals surface area contributed by atoms with Crippen molar-refractivity contribution in [2.24, 2.45) is 0 Å². The van der Waals surface area contributed by atoms with Crippen molar-refractivity contribution in [1.82, 2.24) is 0 Å². The topological polar surface area (TPSA) is 63.6 Å². The van der Waals surface area contributed by atoms with Gasteiger partial charge in [0.15, 0.2) is 0 Å². The summed E-state index contributed by atoms with van der Waals surface area (Å²) < 4.78 is 4.28. The predicted octanol–water partition coefficient (Wildman–Crippen LogP) is 0.580. The second kappa shape index (κ2) is 4.49. The number of methoxy groups -OCH3 is 1. The number of aliphatic hydroxyl groups excluding tert-OH is 1. The van der Waals surface area contributed by atoms with Crippen LogP contribution in [0, 0.1) is 0 Å².